The molecular weight excluding hydrogens is 307 g/mol. The number of hydrogen-bond donors (Lipinski definition) is 2. The number of amides is 2. The van der Waals surface area contributed by atoms with Crippen molar-refractivity contribution in [1.29, 1.82) is 0 Å². The molecule has 2 rings (SSSR count). The molecule has 24 heavy (non-hydrogen) atoms. The Balaban J connectivity index is 1.52. The van der Waals surface area contributed by atoms with Gasteiger partial charge in [-0.3, -0.25) is 9.59 Å². The molecule has 1 fully saturated rings. The molecule has 0 heterocycles. The van der Waals surface area contributed by atoms with Crippen LogP contribution in [0.4, 0.5) is 4.39 Å². The molecular formula is C19H27FN2O2. The zero-order valence-electron chi connectivity index (χ0n) is 14.2. The van der Waals surface area contributed by atoms with Crippen LogP contribution in [0.5, 0.6) is 0 Å². The number of carbonyl (C=O) groups excluding carboxylic acids is 2. The first-order valence-corrected chi connectivity index (χ1v) is 8.94. The Labute approximate surface area is 143 Å². The normalized spacial score (nSPS) is 15.0. The molecule has 0 aliphatic heterocycles. The summed E-state index contributed by atoms with van der Waals surface area (Å²) in [6.07, 6.45) is 8.55. The van der Waals surface area contributed by atoms with Gasteiger partial charge in [0.25, 0.3) is 0 Å². The van der Waals surface area contributed by atoms with Crippen molar-refractivity contribution in [3.63, 3.8) is 0 Å². The van der Waals surface area contributed by atoms with E-state index in [1.54, 1.807) is 12.1 Å². The molecule has 2 N–H and O–H groups in total. The van der Waals surface area contributed by atoms with E-state index >= 15 is 0 Å². The average molecular weight is 334 g/mol. The molecule has 0 saturated heterocycles. The van der Waals surface area contributed by atoms with Crippen LogP contribution in [0.2, 0.25) is 0 Å². The Bertz CT molecular complexity index is 525. The second kappa shape index (κ2) is 10.1. The molecule has 1 saturated carbocycles. The molecule has 1 aromatic carbocycles. The van der Waals surface area contributed by atoms with Crippen molar-refractivity contribution in [3.05, 3.63) is 35.6 Å². The topological polar surface area (TPSA) is 58.2 Å². The van der Waals surface area contributed by atoms with Crippen LogP contribution in [-0.2, 0) is 16.0 Å². The lowest BCUT2D eigenvalue weighted by atomic mass is 9.95. The van der Waals surface area contributed by atoms with E-state index in [0.29, 0.717) is 6.42 Å². The zero-order valence-corrected chi connectivity index (χ0v) is 14.2. The highest BCUT2D eigenvalue weighted by atomic mass is 19.1. The second-order valence-electron chi connectivity index (χ2n) is 6.51. The van der Waals surface area contributed by atoms with Crippen molar-refractivity contribution >= 4 is 11.8 Å². The molecule has 132 valence electrons. The summed E-state index contributed by atoms with van der Waals surface area (Å²) in [4.78, 5) is 23.6. The molecule has 2 amide bonds. The fourth-order valence-corrected chi connectivity index (χ4v) is 3.06. The third-order valence-corrected chi connectivity index (χ3v) is 4.45. The number of rotatable bonds is 8. The maximum absolute atomic E-state index is 12.8. The summed E-state index contributed by atoms with van der Waals surface area (Å²) in [7, 11) is 0. The lowest BCUT2D eigenvalue weighted by Gasteiger charge is -2.22. The van der Waals surface area contributed by atoms with Gasteiger partial charge in [-0.05, 0) is 49.8 Å². The third kappa shape index (κ3) is 7.11. The van der Waals surface area contributed by atoms with Crippen molar-refractivity contribution in [3.8, 4) is 0 Å². The Morgan fingerprint density at radius 1 is 1.00 bits per heavy atom. The largest absolute Gasteiger partial charge is 0.352 e. The quantitative estimate of drug-likeness (QED) is 0.718. The molecule has 1 aromatic rings. The van der Waals surface area contributed by atoms with E-state index in [2.05, 4.69) is 10.6 Å². The molecule has 0 radical (unpaired) electrons. The van der Waals surface area contributed by atoms with Gasteiger partial charge in [0, 0.05) is 12.5 Å². The van der Waals surface area contributed by atoms with Crippen LogP contribution in [0, 0.1) is 5.82 Å². The molecule has 0 atom stereocenters. The van der Waals surface area contributed by atoms with E-state index in [1.165, 1.54) is 31.4 Å². The molecule has 5 heteroatoms. The van der Waals surface area contributed by atoms with Gasteiger partial charge in [-0.15, -0.1) is 0 Å². The van der Waals surface area contributed by atoms with Crippen LogP contribution >= 0.6 is 0 Å². The van der Waals surface area contributed by atoms with Gasteiger partial charge >= 0.3 is 0 Å². The number of benzene rings is 1. The summed E-state index contributed by atoms with van der Waals surface area (Å²) in [6, 6.07) is 6.72. The van der Waals surface area contributed by atoms with Crippen LogP contribution < -0.4 is 10.6 Å². The standard InChI is InChI=1S/C19H27FN2O2/c20-16-12-10-15(11-13-16)6-4-5-9-18(23)21-14-19(24)22-17-7-2-1-3-8-17/h10-13,17H,1-9,14H2,(H,21,23)(H,22,24). The van der Waals surface area contributed by atoms with E-state index in [4.69, 9.17) is 0 Å². The minimum Gasteiger partial charge on any atom is -0.352 e. The fourth-order valence-electron chi connectivity index (χ4n) is 3.06. The van der Waals surface area contributed by atoms with Crippen LogP contribution in [0.3, 0.4) is 0 Å². The number of carbonyl (C=O) groups is 2. The molecule has 0 aromatic heterocycles. The molecule has 0 bridgehead atoms. The van der Waals surface area contributed by atoms with E-state index in [9.17, 15) is 14.0 Å². The van der Waals surface area contributed by atoms with E-state index in [-0.39, 0.29) is 30.2 Å². The van der Waals surface area contributed by atoms with Gasteiger partial charge in [-0.25, -0.2) is 4.39 Å². The molecule has 0 unspecified atom stereocenters. The van der Waals surface area contributed by atoms with Gasteiger partial charge in [-0.1, -0.05) is 31.4 Å². The van der Waals surface area contributed by atoms with Crippen molar-refractivity contribution < 1.29 is 14.0 Å². The highest BCUT2D eigenvalue weighted by Gasteiger charge is 2.15. The summed E-state index contributed by atoms with van der Waals surface area (Å²) in [6.45, 7) is 0.0628. The second-order valence-corrected chi connectivity index (χ2v) is 6.51. The first kappa shape index (κ1) is 18.4. The van der Waals surface area contributed by atoms with Crippen LogP contribution in [-0.4, -0.2) is 24.4 Å². The first-order chi connectivity index (χ1) is 11.6. The monoisotopic (exact) mass is 334 g/mol. The van der Waals surface area contributed by atoms with Crippen LogP contribution in [0.15, 0.2) is 24.3 Å². The average Bonchev–Trinajstić information content (AvgIpc) is 2.59. The van der Waals surface area contributed by atoms with E-state index < -0.39 is 0 Å². The van der Waals surface area contributed by atoms with E-state index in [0.717, 1.165) is 37.7 Å². The number of halogens is 1. The summed E-state index contributed by atoms with van der Waals surface area (Å²) in [5.74, 6) is -0.418. The van der Waals surface area contributed by atoms with Crippen molar-refractivity contribution in [2.75, 3.05) is 6.54 Å². The molecule has 1 aliphatic carbocycles. The smallest absolute Gasteiger partial charge is 0.239 e. The van der Waals surface area contributed by atoms with Crippen LogP contribution in [0.25, 0.3) is 0 Å². The number of hydrogen-bond acceptors (Lipinski definition) is 2. The Hall–Kier alpha value is -1.91. The Kier molecular flexibility index (Phi) is 7.72. The Morgan fingerprint density at radius 2 is 1.71 bits per heavy atom. The lowest BCUT2D eigenvalue weighted by Crippen LogP contribution is -2.42. The maximum Gasteiger partial charge on any atom is 0.239 e. The summed E-state index contributed by atoms with van der Waals surface area (Å²) in [5, 5.41) is 5.66. The van der Waals surface area contributed by atoms with Gasteiger partial charge in [0.15, 0.2) is 0 Å². The highest BCUT2D eigenvalue weighted by molar-refractivity contribution is 5.84. The van der Waals surface area contributed by atoms with Gasteiger partial charge < -0.3 is 10.6 Å². The van der Waals surface area contributed by atoms with Gasteiger partial charge in [0.1, 0.15) is 5.82 Å². The van der Waals surface area contributed by atoms with Gasteiger partial charge in [-0.2, -0.15) is 0 Å². The fraction of sp³-hybridized carbons (Fsp3) is 0.579. The minimum absolute atomic E-state index is 0.0628. The Morgan fingerprint density at radius 3 is 2.42 bits per heavy atom. The van der Waals surface area contributed by atoms with Gasteiger partial charge in [0.2, 0.25) is 11.8 Å². The predicted molar refractivity (Wildman–Crippen MR) is 92.0 cm³/mol. The predicted octanol–water partition coefficient (Wildman–Crippen LogP) is 3.10. The summed E-state index contributed by atoms with van der Waals surface area (Å²) in [5.41, 5.74) is 1.07. The first-order valence-electron chi connectivity index (χ1n) is 8.94. The van der Waals surface area contributed by atoms with Gasteiger partial charge in [0.05, 0.1) is 6.54 Å². The van der Waals surface area contributed by atoms with Crippen molar-refractivity contribution in [2.24, 2.45) is 0 Å². The van der Waals surface area contributed by atoms with E-state index in [1.807, 2.05) is 0 Å². The number of aryl methyl sites for hydroxylation is 1. The van der Waals surface area contributed by atoms with Crippen LogP contribution in [0.1, 0.15) is 56.9 Å². The third-order valence-electron chi connectivity index (χ3n) is 4.45. The van der Waals surface area contributed by atoms with Crippen molar-refractivity contribution in [2.45, 2.75) is 63.8 Å². The van der Waals surface area contributed by atoms with Crippen molar-refractivity contribution in [1.82, 2.24) is 10.6 Å². The number of unbranched alkanes of at least 4 members (excludes halogenated alkanes) is 1. The summed E-state index contributed by atoms with van der Waals surface area (Å²) < 4.78 is 12.8. The zero-order chi connectivity index (χ0) is 17.2. The number of nitrogens with one attached hydrogen (secondary N) is 2. The molecule has 4 nitrogen and oxygen atoms in total. The SMILES string of the molecule is O=C(CCCCc1ccc(F)cc1)NCC(=O)NC1CCCCC1. The maximum atomic E-state index is 12.8. The minimum atomic E-state index is -0.232. The summed E-state index contributed by atoms with van der Waals surface area (Å²) >= 11 is 0. The molecule has 0 spiro atoms. The highest BCUT2D eigenvalue weighted by Crippen LogP contribution is 2.17. The molecule has 1 aliphatic rings. The lowest BCUT2D eigenvalue weighted by molar-refractivity contribution is -0.126.